The molecule has 0 bridgehead atoms. The van der Waals surface area contributed by atoms with Crippen LogP contribution in [0.3, 0.4) is 0 Å². The molecule has 0 fully saturated rings. The third-order valence-corrected chi connectivity index (χ3v) is 5.76. The predicted octanol–water partition coefficient (Wildman–Crippen LogP) is 5.14. The Balaban J connectivity index is 1.54. The van der Waals surface area contributed by atoms with Crippen molar-refractivity contribution < 1.29 is 9.53 Å². The van der Waals surface area contributed by atoms with E-state index in [1.165, 1.54) is 17.4 Å². The van der Waals surface area contributed by atoms with E-state index in [-0.39, 0.29) is 5.91 Å². The molecule has 0 saturated carbocycles. The maximum Gasteiger partial charge on any atom is 0.250 e. The Kier molecular flexibility index (Phi) is 6.86. The first-order chi connectivity index (χ1) is 13.1. The van der Waals surface area contributed by atoms with Crippen LogP contribution < -0.4 is 10.1 Å². The Hall–Kier alpha value is -2.35. The van der Waals surface area contributed by atoms with Gasteiger partial charge >= 0.3 is 0 Å². The predicted molar refractivity (Wildman–Crippen MR) is 112 cm³/mol. The highest BCUT2D eigenvalue weighted by Gasteiger charge is 2.07. The van der Waals surface area contributed by atoms with Crippen LogP contribution in [-0.4, -0.2) is 23.2 Å². The molecule has 0 unspecified atom stereocenters. The minimum atomic E-state index is -0.272. The Morgan fingerprint density at radius 1 is 1.22 bits per heavy atom. The summed E-state index contributed by atoms with van der Waals surface area (Å²) >= 11 is 8.78. The topological polar surface area (TPSA) is 64.1 Å². The van der Waals surface area contributed by atoms with Gasteiger partial charge in [0.15, 0.2) is 4.34 Å². The van der Waals surface area contributed by atoms with E-state index in [9.17, 15) is 4.79 Å². The molecule has 0 aliphatic heterocycles. The molecule has 0 aliphatic rings. The summed E-state index contributed by atoms with van der Waals surface area (Å²) in [5.74, 6) is 1.19. The minimum absolute atomic E-state index is 0.272. The van der Waals surface area contributed by atoms with E-state index in [0.717, 1.165) is 21.2 Å². The standard InChI is InChI=1S/C19H16ClN3O2S2/c1-25-16-5-3-2-4-14(16)8-11-17(24)21-18-22-23-19(27-18)26-12-13-6-9-15(20)10-7-13/h2-11H,12H2,1H3,(H,21,22,24). The molecule has 0 aliphatic carbocycles. The number of methoxy groups -OCH3 is 1. The molecule has 3 rings (SSSR count). The van der Waals surface area contributed by atoms with Gasteiger partial charge in [-0.1, -0.05) is 65.0 Å². The third-order valence-electron chi connectivity index (χ3n) is 3.47. The normalized spacial score (nSPS) is 10.9. The van der Waals surface area contributed by atoms with Crippen molar-refractivity contribution in [2.45, 2.75) is 10.1 Å². The van der Waals surface area contributed by atoms with E-state index in [0.29, 0.717) is 15.9 Å². The highest BCUT2D eigenvalue weighted by molar-refractivity contribution is 8.00. The van der Waals surface area contributed by atoms with Crippen molar-refractivity contribution in [3.8, 4) is 5.75 Å². The molecular weight excluding hydrogens is 402 g/mol. The number of carbonyl (C=O) groups is 1. The zero-order valence-corrected chi connectivity index (χ0v) is 16.8. The third kappa shape index (κ3) is 5.82. The Morgan fingerprint density at radius 3 is 2.78 bits per heavy atom. The number of benzene rings is 2. The molecule has 0 atom stereocenters. The Morgan fingerprint density at radius 2 is 2.00 bits per heavy atom. The number of ether oxygens (including phenoxy) is 1. The molecule has 138 valence electrons. The molecule has 0 saturated heterocycles. The molecule has 0 spiro atoms. The van der Waals surface area contributed by atoms with Crippen LogP contribution >= 0.6 is 34.7 Å². The molecule has 1 amide bonds. The first-order valence-corrected chi connectivity index (χ1v) is 10.1. The molecule has 0 radical (unpaired) electrons. The number of carbonyl (C=O) groups excluding carboxylic acids is 1. The van der Waals surface area contributed by atoms with Crippen LogP contribution in [0, 0.1) is 0 Å². The number of aromatic nitrogens is 2. The van der Waals surface area contributed by atoms with Crippen LogP contribution in [0.1, 0.15) is 11.1 Å². The molecular formula is C19H16ClN3O2S2. The minimum Gasteiger partial charge on any atom is -0.496 e. The largest absolute Gasteiger partial charge is 0.496 e. The van der Waals surface area contributed by atoms with Gasteiger partial charge in [0.25, 0.3) is 0 Å². The SMILES string of the molecule is COc1ccccc1C=CC(=O)Nc1nnc(SCc2ccc(Cl)cc2)s1. The van der Waals surface area contributed by atoms with Gasteiger partial charge in [-0.15, -0.1) is 10.2 Å². The van der Waals surface area contributed by atoms with Crippen molar-refractivity contribution in [1.82, 2.24) is 10.2 Å². The van der Waals surface area contributed by atoms with Gasteiger partial charge in [-0.3, -0.25) is 10.1 Å². The molecule has 5 nitrogen and oxygen atoms in total. The van der Waals surface area contributed by atoms with Crippen LogP contribution in [0.2, 0.25) is 5.02 Å². The van der Waals surface area contributed by atoms with Crippen LogP contribution in [0.4, 0.5) is 5.13 Å². The number of anilines is 1. The van der Waals surface area contributed by atoms with Gasteiger partial charge in [0.2, 0.25) is 11.0 Å². The van der Waals surface area contributed by atoms with E-state index in [1.807, 2.05) is 48.5 Å². The van der Waals surface area contributed by atoms with Crippen LogP contribution in [0.15, 0.2) is 58.9 Å². The summed E-state index contributed by atoms with van der Waals surface area (Å²) in [5.41, 5.74) is 1.97. The number of nitrogens with one attached hydrogen (secondary N) is 1. The van der Waals surface area contributed by atoms with Crippen molar-refractivity contribution >= 4 is 51.8 Å². The van der Waals surface area contributed by atoms with Crippen molar-refractivity contribution in [2.24, 2.45) is 0 Å². The number of nitrogens with zero attached hydrogens (tertiary/aromatic N) is 2. The average molecular weight is 418 g/mol. The van der Waals surface area contributed by atoms with Gasteiger partial charge < -0.3 is 4.74 Å². The monoisotopic (exact) mass is 417 g/mol. The van der Waals surface area contributed by atoms with Crippen LogP contribution in [0.25, 0.3) is 6.08 Å². The van der Waals surface area contributed by atoms with Crippen molar-refractivity contribution in [3.05, 3.63) is 70.8 Å². The molecule has 8 heteroatoms. The summed E-state index contributed by atoms with van der Waals surface area (Å²) in [4.78, 5) is 12.1. The number of hydrogen-bond acceptors (Lipinski definition) is 6. The lowest BCUT2D eigenvalue weighted by molar-refractivity contribution is -0.111. The second-order valence-electron chi connectivity index (χ2n) is 5.35. The molecule has 3 aromatic rings. The Bertz CT molecular complexity index is 942. The fraction of sp³-hybridized carbons (Fsp3) is 0.105. The second-order valence-corrected chi connectivity index (χ2v) is 7.99. The number of halogens is 1. The first kappa shape index (κ1) is 19.4. The van der Waals surface area contributed by atoms with E-state index >= 15 is 0 Å². The summed E-state index contributed by atoms with van der Waals surface area (Å²) in [7, 11) is 1.59. The summed E-state index contributed by atoms with van der Waals surface area (Å²) in [6.45, 7) is 0. The zero-order chi connectivity index (χ0) is 19.1. The van der Waals surface area contributed by atoms with Crippen molar-refractivity contribution in [1.29, 1.82) is 0 Å². The van der Waals surface area contributed by atoms with Gasteiger partial charge in [-0.2, -0.15) is 0 Å². The molecule has 2 aromatic carbocycles. The highest BCUT2D eigenvalue weighted by Crippen LogP contribution is 2.28. The van der Waals surface area contributed by atoms with E-state index in [2.05, 4.69) is 15.5 Å². The van der Waals surface area contributed by atoms with Gasteiger partial charge in [0, 0.05) is 22.4 Å². The maximum atomic E-state index is 12.1. The molecule has 1 aromatic heterocycles. The van der Waals surface area contributed by atoms with Crippen molar-refractivity contribution in [2.75, 3.05) is 12.4 Å². The quantitative estimate of drug-likeness (QED) is 0.327. The van der Waals surface area contributed by atoms with Crippen LogP contribution in [-0.2, 0) is 10.5 Å². The summed E-state index contributed by atoms with van der Waals surface area (Å²) in [5, 5.41) is 12.0. The highest BCUT2D eigenvalue weighted by atomic mass is 35.5. The van der Waals surface area contributed by atoms with E-state index in [1.54, 1.807) is 24.9 Å². The fourth-order valence-electron chi connectivity index (χ4n) is 2.16. The molecule has 1 heterocycles. The fourth-order valence-corrected chi connectivity index (χ4v) is 4.00. The molecule has 1 N–H and O–H groups in total. The smallest absolute Gasteiger partial charge is 0.250 e. The maximum absolute atomic E-state index is 12.1. The van der Waals surface area contributed by atoms with Crippen LogP contribution in [0.5, 0.6) is 5.75 Å². The first-order valence-electron chi connectivity index (χ1n) is 7.97. The summed E-state index contributed by atoms with van der Waals surface area (Å²) in [6.07, 6.45) is 3.14. The lowest BCUT2D eigenvalue weighted by Gasteiger charge is -2.03. The van der Waals surface area contributed by atoms with E-state index < -0.39 is 0 Å². The zero-order valence-electron chi connectivity index (χ0n) is 14.4. The summed E-state index contributed by atoms with van der Waals surface area (Å²) < 4.78 is 6.04. The number of rotatable bonds is 7. The van der Waals surface area contributed by atoms with Crippen molar-refractivity contribution in [3.63, 3.8) is 0 Å². The second kappa shape index (κ2) is 9.55. The number of amides is 1. The van der Waals surface area contributed by atoms with Gasteiger partial charge in [-0.05, 0) is 29.8 Å². The Labute approximate surface area is 170 Å². The van der Waals surface area contributed by atoms with Gasteiger partial charge in [0.1, 0.15) is 5.75 Å². The summed E-state index contributed by atoms with van der Waals surface area (Å²) in [6, 6.07) is 15.1. The van der Waals surface area contributed by atoms with E-state index in [4.69, 9.17) is 16.3 Å². The lowest BCUT2D eigenvalue weighted by Crippen LogP contribution is -2.07. The number of thioether (sulfide) groups is 1. The average Bonchev–Trinajstić information content (AvgIpc) is 3.13. The number of para-hydroxylation sites is 1. The lowest BCUT2D eigenvalue weighted by atomic mass is 10.2. The number of hydrogen-bond donors (Lipinski definition) is 1. The van der Waals surface area contributed by atoms with Gasteiger partial charge in [-0.25, -0.2) is 0 Å². The van der Waals surface area contributed by atoms with Gasteiger partial charge in [0.05, 0.1) is 7.11 Å². The molecule has 27 heavy (non-hydrogen) atoms.